The number of fused-ring (bicyclic) bond motifs is 1. The van der Waals surface area contributed by atoms with E-state index < -0.39 is 0 Å². The van der Waals surface area contributed by atoms with Crippen molar-refractivity contribution in [2.24, 2.45) is 0 Å². The number of anilines is 1. The molecule has 0 spiro atoms. The average Bonchev–Trinajstić information content (AvgIpc) is 3.40. The van der Waals surface area contributed by atoms with Gasteiger partial charge >= 0.3 is 0 Å². The minimum atomic E-state index is 0.193. The predicted octanol–water partition coefficient (Wildman–Crippen LogP) is 4.63. The van der Waals surface area contributed by atoms with Gasteiger partial charge in [-0.1, -0.05) is 54.2 Å². The first-order valence-electron chi connectivity index (χ1n) is 10.1. The summed E-state index contributed by atoms with van der Waals surface area (Å²) in [6.07, 6.45) is 0. The van der Waals surface area contributed by atoms with Crippen molar-refractivity contribution in [3.63, 3.8) is 0 Å². The number of rotatable bonds is 6. The molecule has 0 saturated carbocycles. The van der Waals surface area contributed by atoms with Crippen LogP contribution in [0.5, 0.6) is 0 Å². The molecule has 8 heteroatoms. The first-order valence-corrected chi connectivity index (χ1v) is 11.8. The fourth-order valence-corrected chi connectivity index (χ4v) is 5.56. The predicted molar refractivity (Wildman–Crippen MR) is 122 cm³/mol. The SMILES string of the molecule is C[C@H](Sc1nnc(N2CCOCC2)n1Cc1ccccc1)c1nc2ccccc2s1. The highest BCUT2D eigenvalue weighted by molar-refractivity contribution is 7.99. The maximum Gasteiger partial charge on any atom is 0.228 e. The second-order valence-corrected chi connectivity index (χ2v) is 9.60. The number of hydrogen-bond donors (Lipinski definition) is 0. The van der Waals surface area contributed by atoms with Crippen molar-refractivity contribution in [3.8, 4) is 0 Å². The summed E-state index contributed by atoms with van der Waals surface area (Å²) >= 11 is 3.47. The van der Waals surface area contributed by atoms with Crippen LogP contribution in [0.2, 0.25) is 0 Å². The van der Waals surface area contributed by atoms with Crippen molar-refractivity contribution in [1.82, 2.24) is 19.7 Å². The molecule has 1 aliphatic rings. The van der Waals surface area contributed by atoms with E-state index in [1.165, 1.54) is 10.3 Å². The van der Waals surface area contributed by atoms with Gasteiger partial charge in [0.2, 0.25) is 5.95 Å². The molecule has 0 radical (unpaired) electrons. The average molecular weight is 438 g/mol. The number of morpholine rings is 1. The van der Waals surface area contributed by atoms with E-state index in [2.05, 4.69) is 69.1 Å². The number of thioether (sulfide) groups is 1. The Labute approximate surface area is 183 Å². The van der Waals surface area contributed by atoms with Crippen LogP contribution in [-0.4, -0.2) is 46.1 Å². The van der Waals surface area contributed by atoms with Crippen LogP contribution in [0.1, 0.15) is 22.7 Å². The molecule has 1 saturated heterocycles. The van der Waals surface area contributed by atoms with Crippen LogP contribution in [0.25, 0.3) is 10.2 Å². The highest BCUT2D eigenvalue weighted by atomic mass is 32.2. The second-order valence-electron chi connectivity index (χ2n) is 7.23. The molecule has 0 aliphatic carbocycles. The topological polar surface area (TPSA) is 56.1 Å². The molecule has 5 rings (SSSR count). The third kappa shape index (κ3) is 4.08. The lowest BCUT2D eigenvalue weighted by atomic mass is 10.2. The summed E-state index contributed by atoms with van der Waals surface area (Å²) in [4.78, 5) is 7.10. The molecule has 1 aliphatic heterocycles. The third-order valence-corrected chi connectivity index (χ3v) is 7.57. The summed E-state index contributed by atoms with van der Waals surface area (Å²) in [6.45, 7) is 6.06. The van der Waals surface area contributed by atoms with E-state index in [1.54, 1.807) is 23.1 Å². The number of nitrogens with zero attached hydrogens (tertiary/aromatic N) is 5. The van der Waals surface area contributed by atoms with Gasteiger partial charge in [-0.3, -0.25) is 4.57 Å². The highest BCUT2D eigenvalue weighted by Crippen LogP contribution is 2.38. The molecular formula is C22H23N5OS2. The van der Waals surface area contributed by atoms with Gasteiger partial charge in [-0.25, -0.2) is 4.98 Å². The first-order chi connectivity index (χ1) is 14.8. The van der Waals surface area contributed by atoms with E-state index in [0.29, 0.717) is 0 Å². The number of para-hydroxylation sites is 1. The molecular weight excluding hydrogens is 414 g/mol. The van der Waals surface area contributed by atoms with Gasteiger partial charge in [-0.15, -0.1) is 21.5 Å². The van der Waals surface area contributed by atoms with Crippen LogP contribution in [0.3, 0.4) is 0 Å². The van der Waals surface area contributed by atoms with E-state index in [-0.39, 0.29) is 5.25 Å². The van der Waals surface area contributed by atoms with E-state index in [9.17, 15) is 0 Å². The maximum atomic E-state index is 5.53. The Morgan fingerprint density at radius 3 is 2.60 bits per heavy atom. The zero-order chi connectivity index (χ0) is 20.3. The summed E-state index contributed by atoms with van der Waals surface area (Å²) in [6, 6.07) is 18.8. The van der Waals surface area contributed by atoms with Crippen LogP contribution in [0.15, 0.2) is 59.8 Å². The lowest BCUT2D eigenvalue weighted by Crippen LogP contribution is -2.38. The van der Waals surface area contributed by atoms with Gasteiger partial charge in [-0.2, -0.15) is 0 Å². The molecule has 0 amide bonds. The fourth-order valence-electron chi connectivity index (χ4n) is 3.54. The summed E-state index contributed by atoms with van der Waals surface area (Å²) < 4.78 is 8.98. The third-order valence-electron chi connectivity index (χ3n) is 5.12. The smallest absolute Gasteiger partial charge is 0.228 e. The summed E-state index contributed by atoms with van der Waals surface area (Å²) in [7, 11) is 0. The van der Waals surface area contributed by atoms with E-state index in [1.807, 2.05) is 12.1 Å². The van der Waals surface area contributed by atoms with Gasteiger partial charge in [0.05, 0.1) is 35.2 Å². The van der Waals surface area contributed by atoms with Crippen molar-refractivity contribution < 1.29 is 4.74 Å². The van der Waals surface area contributed by atoms with E-state index in [0.717, 1.165) is 54.5 Å². The molecule has 154 valence electrons. The van der Waals surface area contributed by atoms with Crippen LogP contribution in [-0.2, 0) is 11.3 Å². The van der Waals surface area contributed by atoms with Gasteiger partial charge in [0.1, 0.15) is 5.01 Å². The summed E-state index contributed by atoms with van der Waals surface area (Å²) in [5, 5.41) is 11.4. The standard InChI is InChI=1S/C22H23N5OS2/c1-16(20-23-18-9-5-6-10-19(18)30-20)29-22-25-24-21(26-11-13-28-14-12-26)27(22)15-17-7-3-2-4-8-17/h2-10,16H,11-15H2,1H3/t16-/m0/s1. The highest BCUT2D eigenvalue weighted by Gasteiger charge is 2.23. The Morgan fingerprint density at radius 2 is 1.80 bits per heavy atom. The number of benzene rings is 2. The fraction of sp³-hybridized carbons (Fsp3) is 0.318. The number of hydrogen-bond acceptors (Lipinski definition) is 7. The molecule has 0 N–H and O–H groups in total. The van der Waals surface area contributed by atoms with Crippen molar-refractivity contribution in [1.29, 1.82) is 0 Å². The molecule has 2 aromatic carbocycles. The lowest BCUT2D eigenvalue weighted by Gasteiger charge is -2.28. The lowest BCUT2D eigenvalue weighted by molar-refractivity contribution is 0.121. The van der Waals surface area contributed by atoms with Crippen molar-refractivity contribution in [3.05, 3.63) is 65.2 Å². The Balaban J connectivity index is 1.45. The molecule has 0 bridgehead atoms. The molecule has 2 aromatic heterocycles. The first kappa shape index (κ1) is 19.5. The summed E-state index contributed by atoms with van der Waals surface area (Å²) in [5.41, 5.74) is 2.30. The van der Waals surface area contributed by atoms with Gasteiger partial charge < -0.3 is 9.64 Å². The Bertz CT molecular complexity index is 1090. The second kappa shape index (κ2) is 8.75. The zero-order valence-corrected chi connectivity index (χ0v) is 18.4. The summed E-state index contributed by atoms with van der Waals surface area (Å²) in [5.74, 6) is 0.918. The quantitative estimate of drug-likeness (QED) is 0.410. The Hall–Kier alpha value is -2.42. The minimum absolute atomic E-state index is 0.193. The monoisotopic (exact) mass is 437 g/mol. The van der Waals surface area contributed by atoms with Crippen molar-refractivity contribution in [2.75, 3.05) is 31.2 Å². The Morgan fingerprint density at radius 1 is 1.03 bits per heavy atom. The molecule has 1 atom stereocenters. The maximum absolute atomic E-state index is 5.53. The molecule has 4 aromatic rings. The van der Waals surface area contributed by atoms with Crippen LogP contribution >= 0.6 is 23.1 Å². The molecule has 6 nitrogen and oxygen atoms in total. The minimum Gasteiger partial charge on any atom is -0.378 e. The molecule has 1 fully saturated rings. The van der Waals surface area contributed by atoms with Gasteiger partial charge in [0.25, 0.3) is 0 Å². The molecule has 3 heterocycles. The number of thiazole rings is 1. The van der Waals surface area contributed by atoms with E-state index in [4.69, 9.17) is 9.72 Å². The number of aromatic nitrogens is 4. The van der Waals surface area contributed by atoms with Gasteiger partial charge in [0.15, 0.2) is 5.16 Å². The van der Waals surface area contributed by atoms with Crippen molar-refractivity contribution in [2.45, 2.75) is 23.9 Å². The van der Waals surface area contributed by atoms with Crippen molar-refractivity contribution >= 4 is 39.3 Å². The van der Waals surface area contributed by atoms with Gasteiger partial charge in [0, 0.05) is 13.1 Å². The number of ether oxygens (including phenoxy) is 1. The van der Waals surface area contributed by atoms with Crippen LogP contribution in [0.4, 0.5) is 5.95 Å². The Kier molecular flexibility index (Phi) is 5.70. The van der Waals surface area contributed by atoms with E-state index >= 15 is 0 Å². The molecule has 30 heavy (non-hydrogen) atoms. The zero-order valence-electron chi connectivity index (χ0n) is 16.8. The van der Waals surface area contributed by atoms with Crippen LogP contribution < -0.4 is 4.90 Å². The molecule has 0 unspecified atom stereocenters. The largest absolute Gasteiger partial charge is 0.378 e. The van der Waals surface area contributed by atoms with Gasteiger partial charge in [-0.05, 0) is 24.6 Å². The van der Waals surface area contributed by atoms with Crippen LogP contribution in [0, 0.1) is 0 Å². The normalized spacial score (nSPS) is 15.6.